The van der Waals surface area contributed by atoms with Crippen molar-refractivity contribution < 1.29 is 0 Å². The lowest BCUT2D eigenvalue weighted by atomic mass is 9.90. The number of nitrogens with zero attached hydrogens (tertiary/aromatic N) is 1. The molecule has 0 heterocycles. The lowest BCUT2D eigenvalue weighted by Crippen LogP contribution is -2.31. The van der Waals surface area contributed by atoms with Gasteiger partial charge < -0.3 is 5.73 Å². The van der Waals surface area contributed by atoms with Crippen LogP contribution in [-0.4, -0.2) is 0 Å². The van der Waals surface area contributed by atoms with E-state index in [4.69, 9.17) is 11.0 Å². The molecule has 0 aromatic heterocycles. The molecule has 1 aromatic carbocycles. The summed E-state index contributed by atoms with van der Waals surface area (Å²) >= 11 is 0. The van der Waals surface area contributed by atoms with E-state index < -0.39 is 0 Å². The third kappa shape index (κ3) is 2.07. The van der Waals surface area contributed by atoms with Crippen molar-refractivity contribution in [3.63, 3.8) is 0 Å². The first-order valence-corrected chi connectivity index (χ1v) is 4.39. The third-order valence-corrected chi connectivity index (χ3v) is 2.41. The number of benzene rings is 1. The first-order valence-electron chi connectivity index (χ1n) is 4.39. The molecule has 0 unspecified atom stereocenters. The van der Waals surface area contributed by atoms with Crippen LogP contribution in [0.25, 0.3) is 0 Å². The second kappa shape index (κ2) is 3.59. The predicted molar refractivity (Wildman–Crippen MR) is 53.0 cm³/mol. The minimum atomic E-state index is -0.284. The van der Waals surface area contributed by atoms with E-state index in [0.717, 1.165) is 12.0 Å². The minimum Gasteiger partial charge on any atom is -0.322 e. The van der Waals surface area contributed by atoms with Gasteiger partial charge in [-0.1, -0.05) is 19.1 Å². The van der Waals surface area contributed by atoms with E-state index in [0.29, 0.717) is 5.56 Å². The van der Waals surface area contributed by atoms with Crippen molar-refractivity contribution in [3.8, 4) is 6.07 Å². The maximum Gasteiger partial charge on any atom is 0.0991 e. The molecule has 0 saturated carbocycles. The summed E-state index contributed by atoms with van der Waals surface area (Å²) in [5.74, 6) is 0. The molecule has 0 bridgehead atoms. The summed E-state index contributed by atoms with van der Waals surface area (Å²) < 4.78 is 0. The van der Waals surface area contributed by atoms with Crippen LogP contribution < -0.4 is 5.73 Å². The van der Waals surface area contributed by atoms with Crippen LogP contribution in [0.1, 0.15) is 31.4 Å². The van der Waals surface area contributed by atoms with Crippen LogP contribution in [0.5, 0.6) is 0 Å². The Bertz CT molecular complexity index is 317. The molecule has 2 heteroatoms. The molecule has 2 nitrogen and oxygen atoms in total. The fourth-order valence-corrected chi connectivity index (χ4v) is 1.13. The maximum atomic E-state index is 8.61. The van der Waals surface area contributed by atoms with E-state index in [2.05, 4.69) is 13.0 Å². The van der Waals surface area contributed by atoms with Gasteiger partial charge in [-0.15, -0.1) is 0 Å². The average molecular weight is 174 g/mol. The van der Waals surface area contributed by atoms with Gasteiger partial charge in [-0.25, -0.2) is 0 Å². The van der Waals surface area contributed by atoms with E-state index in [-0.39, 0.29) is 5.54 Å². The summed E-state index contributed by atoms with van der Waals surface area (Å²) in [5.41, 5.74) is 7.52. The Labute approximate surface area is 79.0 Å². The van der Waals surface area contributed by atoms with Crippen LogP contribution >= 0.6 is 0 Å². The van der Waals surface area contributed by atoms with Gasteiger partial charge in [0, 0.05) is 5.54 Å². The van der Waals surface area contributed by atoms with Crippen molar-refractivity contribution in [2.45, 2.75) is 25.8 Å². The smallest absolute Gasteiger partial charge is 0.0991 e. The average Bonchev–Trinajstić information content (AvgIpc) is 2.18. The fourth-order valence-electron chi connectivity index (χ4n) is 1.13. The highest BCUT2D eigenvalue weighted by Crippen LogP contribution is 2.21. The summed E-state index contributed by atoms with van der Waals surface area (Å²) in [6.07, 6.45) is 0.888. The van der Waals surface area contributed by atoms with E-state index >= 15 is 0 Å². The van der Waals surface area contributed by atoms with Gasteiger partial charge in [0.2, 0.25) is 0 Å². The number of rotatable bonds is 2. The van der Waals surface area contributed by atoms with Crippen molar-refractivity contribution in [2.24, 2.45) is 5.73 Å². The quantitative estimate of drug-likeness (QED) is 0.746. The predicted octanol–water partition coefficient (Wildman–Crippen LogP) is 2.14. The molecule has 0 radical (unpaired) electrons. The number of nitriles is 1. The van der Waals surface area contributed by atoms with Crippen molar-refractivity contribution >= 4 is 0 Å². The Morgan fingerprint density at radius 3 is 2.31 bits per heavy atom. The van der Waals surface area contributed by atoms with Gasteiger partial charge in [0.05, 0.1) is 11.6 Å². The molecule has 0 fully saturated rings. The second-order valence-electron chi connectivity index (χ2n) is 3.46. The lowest BCUT2D eigenvalue weighted by Gasteiger charge is -2.23. The van der Waals surface area contributed by atoms with Crippen molar-refractivity contribution in [2.75, 3.05) is 0 Å². The highest BCUT2D eigenvalue weighted by Gasteiger charge is 2.17. The Morgan fingerprint density at radius 2 is 1.92 bits per heavy atom. The molecule has 0 aliphatic heterocycles. The molecule has 1 rings (SSSR count). The molecule has 0 aliphatic rings. The van der Waals surface area contributed by atoms with Crippen molar-refractivity contribution in [3.05, 3.63) is 35.4 Å². The highest BCUT2D eigenvalue weighted by molar-refractivity contribution is 5.34. The van der Waals surface area contributed by atoms with Gasteiger partial charge in [-0.2, -0.15) is 5.26 Å². The zero-order valence-corrected chi connectivity index (χ0v) is 8.04. The SMILES string of the molecule is CC[C@@](C)(N)c1ccc(C#N)cc1. The Balaban J connectivity index is 3.00. The third-order valence-electron chi connectivity index (χ3n) is 2.41. The monoisotopic (exact) mass is 174 g/mol. The highest BCUT2D eigenvalue weighted by atomic mass is 14.7. The number of hydrogen-bond acceptors (Lipinski definition) is 2. The number of nitrogens with two attached hydrogens (primary N) is 1. The van der Waals surface area contributed by atoms with Crippen LogP contribution in [0.3, 0.4) is 0 Å². The van der Waals surface area contributed by atoms with E-state index in [1.807, 2.05) is 19.1 Å². The van der Waals surface area contributed by atoms with Gasteiger partial charge >= 0.3 is 0 Å². The normalized spacial score (nSPS) is 14.6. The Kier molecular flexibility index (Phi) is 2.69. The Hall–Kier alpha value is -1.33. The van der Waals surface area contributed by atoms with E-state index in [9.17, 15) is 0 Å². The van der Waals surface area contributed by atoms with Gasteiger partial charge in [-0.05, 0) is 31.0 Å². The maximum absolute atomic E-state index is 8.61. The largest absolute Gasteiger partial charge is 0.322 e. The molecule has 68 valence electrons. The van der Waals surface area contributed by atoms with Crippen molar-refractivity contribution in [1.82, 2.24) is 0 Å². The first kappa shape index (κ1) is 9.76. The standard InChI is InChI=1S/C11H14N2/c1-3-11(2,13)10-6-4-9(8-12)5-7-10/h4-7H,3,13H2,1-2H3/t11-/m1/s1. The summed E-state index contributed by atoms with van der Waals surface area (Å²) in [6.45, 7) is 4.05. The molecule has 0 amide bonds. The zero-order chi connectivity index (χ0) is 9.90. The minimum absolute atomic E-state index is 0.284. The van der Waals surface area contributed by atoms with Gasteiger partial charge in [-0.3, -0.25) is 0 Å². The van der Waals surface area contributed by atoms with Crippen LogP contribution in [0.2, 0.25) is 0 Å². The Morgan fingerprint density at radius 1 is 1.38 bits per heavy atom. The van der Waals surface area contributed by atoms with E-state index in [1.165, 1.54) is 0 Å². The van der Waals surface area contributed by atoms with Gasteiger partial charge in [0.25, 0.3) is 0 Å². The number of hydrogen-bond donors (Lipinski definition) is 1. The molecule has 2 N–H and O–H groups in total. The fraction of sp³-hybridized carbons (Fsp3) is 0.364. The van der Waals surface area contributed by atoms with Crippen molar-refractivity contribution in [1.29, 1.82) is 5.26 Å². The molecule has 0 saturated heterocycles. The lowest BCUT2D eigenvalue weighted by molar-refractivity contribution is 0.476. The zero-order valence-electron chi connectivity index (χ0n) is 8.04. The van der Waals surface area contributed by atoms with Crippen LogP contribution in [0.15, 0.2) is 24.3 Å². The summed E-state index contributed by atoms with van der Waals surface area (Å²) in [7, 11) is 0. The topological polar surface area (TPSA) is 49.8 Å². The molecule has 1 atom stereocenters. The van der Waals surface area contributed by atoms with Gasteiger partial charge in [0.1, 0.15) is 0 Å². The molecule has 1 aromatic rings. The second-order valence-corrected chi connectivity index (χ2v) is 3.46. The summed E-state index contributed by atoms with van der Waals surface area (Å²) in [5, 5.41) is 8.61. The molecular weight excluding hydrogens is 160 g/mol. The summed E-state index contributed by atoms with van der Waals surface area (Å²) in [4.78, 5) is 0. The van der Waals surface area contributed by atoms with Crippen LogP contribution in [0.4, 0.5) is 0 Å². The molecule has 0 aliphatic carbocycles. The summed E-state index contributed by atoms with van der Waals surface area (Å²) in [6, 6.07) is 9.52. The van der Waals surface area contributed by atoms with Crippen LogP contribution in [-0.2, 0) is 5.54 Å². The molecular formula is C11H14N2. The van der Waals surface area contributed by atoms with E-state index in [1.54, 1.807) is 12.1 Å². The molecule has 0 spiro atoms. The molecule has 13 heavy (non-hydrogen) atoms. The van der Waals surface area contributed by atoms with Gasteiger partial charge in [0.15, 0.2) is 0 Å². The van der Waals surface area contributed by atoms with Crippen LogP contribution in [0, 0.1) is 11.3 Å². The first-order chi connectivity index (χ1) is 6.10.